The molecule has 1 atom stereocenters. The second kappa shape index (κ2) is 4.45. The Kier molecular flexibility index (Phi) is 2.81. The number of nitrogens with one attached hydrogen (secondary N) is 1. The summed E-state index contributed by atoms with van der Waals surface area (Å²) in [6.07, 6.45) is 1.27. The highest BCUT2D eigenvalue weighted by Crippen LogP contribution is 2.35. The molecule has 0 radical (unpaired) electrons. The van der Waals surface area contributed by atoms with Crippen molar-refractivity contribution in [2.45, 2.75) is 6.42 Å². The van der Waals surface area contributed by atoms with E-state index in [9.17, 15) is 0 Å². The molecule has 1 unspecified atom stereocenters. The van der Waals surface area contributed by atoms with Crippen LogP contribution in [-0.2, 0) is 0 Å². The highest BCUT2D eigenvalue weighted by Gasteiger charge is 2.18. The molecule has 17 heavy (non-hydrogen) atoms. The topological polar surface area (TPSA) is 33.7 Å². The van der Waals surface area contributed by atoms with Crippen LogP contribution in [0, 0.1) is 5.92 Å². The minimum absolute atomic E-state index is 0.342. The van der Waals surface area contributed by atoms with Crippen molar-refractivity contribution in [1.29, 1.82) is 0 Å². The zero-order valence-electron chi connectivity index (χ0n) is 10.1. The maximum atomic E-state index is 5.40. The van der Waals surface area contributed by atoms with Crippen LogP contribution in [0.1, 0.15) is 6.42 Å². The smallest absolute Gasteiger partial charge is 0.231 e. The van der Waals surface area contributed by atoms with Crippen molar-refractivity contribution >= 4 is 5.69 Å². The van der Waals surface area contributed by atoms with E-state index in [-0.39, 0.29) is 0 Å². The molecule has 3 rings (SSSR count). The fraction of sp³-hybridized carbons (Fsp3) is 0.538. The van der Waals surface area contributed by atoms with E-state index >= 15 is 0 Å². The molecule has 1 N–H and O–H groups in total. The van der Waals surface area contributed by atoms with Gasteiger partial charge in [0, 0.05) is 25.3 Å². The lowest BCUT2D eigenvalue weighted by molar-refractivity contribution is 0.174. The van der Waals surface area contributed by atoms with Crippen molar-refractivity contribution in [2.24, 2.45) is 5.92 Å². The van der Waals surface area contributed by atoms with Gasteiger partial charge in [0.25, 0.3) is 0 Å². The molecule has 0 bridgehead atoms. The normalized spacial score (nSPS) is 21.8. The highest BCUT2D eigenvalue weighted by molar-refractivity contribution is 5.56. The molecule has 1 aromatic carbocycles. The Labute approximate surface area is 102 Å². The van der Waals surface area contributed by atoms with Crippen LogP contribution in [0.2, 0.25) is 0 Å². The summed E-state index contributed by atoms with van der Waals surface area (Å²) >= 11 is 0. The summed E-state index contributed by atoms with van der Waals surface area (Å²) in [4.78, 5) is 2.29. The molecule has 92 valence electrons. The van der Waals surface area contributed by atoms with E-state index in [0.29, 0.717) is 6.79 Å². The Bertz CT molecular complexity index is 402. The summed E-state index contributed by atoms with van der Waals surface area (Å²) < 4.78 is 10.7. The van der Waals surface area contributed by atoms with Gasteiger partial charge in [-0.2, -0.15) is 0 Å². The maximum Gasteiger partial charge on any atom is 0.231 e. The Morgan fingerprint density at radius 3 is 3.06 bits per heavy atom. The van der Waals surface area contributed by atoms with E-state index in [4.69, 9.17) is 9.47 Å². The number of ether oxygens (including phenoxy) is 2. The predicted octanol–water partition coefficient (Wildman–Crippen LogP) is 1.46. The molecule has 0 spiro atoms. The number of anilines is 1. The quantitative estimate of drug-likeness (QED) is 0.858. The van der Waals surface area contributed by atoms with Crippen LogP contribution in [-0.4, -0.2) is 33.5 Å². The molecule has 0 saturated carbocycles. The van der Waals surface area contributed by atoms with E-state index in [2.05, 4.69) is 29.4 Å². The molecule has 1 saturated heterocycles. The van der Waals surface area contributed by atoms with Crippen LogP contribution in [0.3, 0.4) is 0 Å². The van der Waals surface area contributed by atoms with Crippen LogP contribution < -0.4 is 19.7 Å². The molecule has 0 aromatic heterocycles. The monoisotopic (exact) mass is 234 g/mol. The van der Waals surface area contributed by atoms with E-state index in [1.165, 1.54) is 12.1 Å². The average Bonchev–Trinajstić information content (AvgIpc) is 2.97. The lowest BCUT2D eigenvalue weighted by atomic mass is 10.1. The summed E-state index contributed by atoms with van der Waals surface area (Å²) in [6.45, 7) is 3.72. The molecule has 2 heterocycles. The number of fused-ring (bicyclic) bond motifs is 1. The Morgan fingerprint density at radius 1 is 1.35 bits per heavy atom. The van der Waals surface area contributed by atoms with Gasteiger partial charge in [-0.05, 0) is 37.6 Å². The van der Waals surface area contributed by atoms with Gasteiger partial charge in [0.05, 0.1) is 0 Å². The van der Waals surface area contributed by atoms with E-state index in [1.807, 2.05) is 6.07 Å². The van der Waals surface area contributed by atoms with Gasteiger partial charge in [0.15, 0.2) is 11.5 Å². The number of rotatable bonds is 3. The Morgan fingerprint density at radius 2 is 2.24 bits per heavy atom. The zero-order chi connectivity index (χ0) is 11.7. The summed E-state index contributed by atoms with van der Waals surface area (Å²) in [5.41, 5.74) is 1.20. The van der Waals surface area contributed by atoms with E-state index in [1.54, 1.807) is 0 Å². The molecule has 1 fully saturated rings. The van der Waals surface area contributed by atoms with Gasteiger partial charge < -0.3 is 19.7 Å². The SMILES string of the molecule is CN(CC1CCNC1)c1ccc2c(c1)OCO2. The van der Waals surface area contributed by atoms with Crippen LogP contribution in [0.25, 0.3) is 0 Å². The van der Waals surface area contributed by atoms with Gasteiger partial charge >= 0.3 is 0 Å². The van der Waals surface area contributed by atoms with Crippen molar-refractivity contribution in [1.82, 2.24) is 5.32 Å². The number of hydrogen-bond donors (Lipinski definition) is 1. The predicted molar refractivity (Wildman–Crippen MR) is 66.8 cm³/mol. The standard InChI is InChI=1S/C13H18N2O2/c1-15(8-10-4-5-14-7-10)11-2-3-12-13(6-11)17-9-16-12/h2-3,6,10,14H,4-5,7-9H2,1H3. The van der Waals surface area contributed by atoms with E-state index < -0.39 is 0 Å². The fourth-order valence-electron chi connectivity index (χ4n) is 2.49. The van der Waals surface area contributed by atoms with Gasteiger partial charge in [0.1, 0.15) is 0 Å². The molecule has 0 aliphatic carbocycles. The molecule has 2 aliphatic heterocycles. The lowest BCUT2D eigenvalue weighted by Crippen LogP contribution is -2.26. The summed E-state index contributed by atoms with van der Waals surface area (Å²) in [5, 5.41) is 3.40. The van der Waals surface area contributed by atoms with Crippen LogP contribution >= 0.6 is 0 Å². The van der Waals surface area contributed by atoms with E-state index in [0.717, 1.165) is 37.1 Å². The first kappa shape index (κ1) is 10.7. The van der Waals surface area contributed by atoms with Crippen molar-refractivity contribution in [3.63, 3.8) is 0 Å². The van der Waals surface area contributed by atoms with Crippen molar-refractivity contribution in [2.75, 3.05) is 38.4 Å². The summed E-state index contributed by atoms with van der Waals surface area (Å²) in [5.74, 6) is 2.47. The fourth-order valence-corrected chi connectivity index (χ4v) is 2.49. The Hall–Kier alpha value is -1.42. The van der Waals surface area contributed by atoms with Gasteiger partial charge in [-0.3, -0.25) is 0 Å². The molecule has 0 amide bonds. The van der Waals surface area contributed by atoms with Gasteiger partial charge in [-0.15, -0.1) is 0 Å². The summed E-state index contributed by atoms with van der Waals surface area (Å²) in [7, 11) is 2.13. The second-order valence-electron chi connectivity index (χ2n) is 4.78. The van der Waals surface area contributed by atoms with Crippen LogP contribution in [0.5, 0.6) is 11.5 Å². The van der Waals surface area contributed by atoms with Crippen LogP contribution in [0.15, 0.2) is 18.2 Å². The third-order valence-corrected chi connectivity index (χ3v) is 3.49. The highest BCUT2D eigenvalue weighted by atomic mass is 16.7. The minimum Gasteiger partial charge on any atom is -0.454 e. The van der Waals surface area contributed by atoms with Gasteiger partial charge in [-0.25, -0.2) is 0 Å². The van der Waals surface area contributed by atoms with Crippen molar-refractivity contribution in [3.8, 4) is 11.5 Å². The van der Waals surface area contributed by atoms with Crippen LogP contribution in [0.4, 0.5) is 5.69 Å². The molecule has 4 heteroatoms. The Balaban J connectivity index is 1.70. The third kappa shape index (κ3) is 2.17. The number of benzene rings is 1. The molecular formula is C13H18N2O2. The lowest BCUT2D eigenvalue weighted by Gasteiger charge is -2.22. The molecular weight excluding hydrogens is 216 g/mol. The second-order valence-corrected chi connectivity index (χ2v) is 4.78. The van der Waals surface area contributed by atoms with Gasteiger partial charge in [-0.1, -0.05) is 0 Å². The average molecular weight is 234 g/mol. The summed E-state index contributed by atoms with van der Waals surface area (Å²) in [6, 6.07) is 6.14. The van der Waals surface area contributed by atoms with Crippen molar-refractivity contribution in [3.05, 3.63) is 18.2 Å². The molecule has 4 nitrogen and oxygen atoms in total. The minimum atomic E-state index is 0.342. The first-order valence-electron chi connectivity index (χ1n) is 6.14. The number of nitrogens with zero attached hydrogens (tertiary/aromatic N) is 1. The first-order valence-corrected chi connectivity index (χ1v) is 6.14. The maximum absolute atomic E-state index is 5.40. The molecule has 1 aromatic rings. The zero-order valence-corrected chi connectivity index (χ0v) is 10.1. The third-order valence-electron chi connectivity index (χ3n) is 3.49. The number of hydrogen-bond acceptors (Lipinski definition) is 4. The largest absolute Gasteiger partial charge is 0.454 e. The van der Waals surface area contributed by atoms with Gasteiger partial charge in [0.2, 0.25) is 6.79 Å². The van der Waals surface area contributed by atoms with Crippen molar-refractivity contribution < 1.29 is 9.47 Å². The first-order chi connectivity index (χ1) is 8.33. The molecule has 2 aliphatic rings.